The van der Waals surface area contributed by atoms with Crippen LogP contribution in [0.25, 0.3) is 0 Å². The molecule has 1 aromatic carbocycles. The summed E-state index contributed by atoms with van der Waals surface area (Å²) >= 11 is 9.57. The van der Waals surface area contributed by atoms with E-state index < -0.39 is 0 Å². The van der Waals surface area contributed by atoms with Crippen LogP contribution in [-0.4, -0.2) is 37.1 Å². The summed E-state index contributed by atoms with van der Waals surface area (Å²) < 4.78 is 1.17. The first-order chi connectivity index (χ1) is 9.28. The fourth-order valence-electron chi connectivity index (χ4n) is 3.26. The molecule has 0 aromatic heterocycles. The van der Waals surface area contributed by atoms with Crippen LogP contribution < -0.4 is 4.90 Å². The molecular weight excluding hydrogens is 324 g/mol. The lowest BCUT2D eigenvalue weighted by Crippen LogP contribution is -2.35. The number of alkyl halides is 1. The lowest BCUT2D eigenvalue weighted by atomic mass is 10.2. The second kappa shape index (κ2) is 6.02. The summed E-state index contributed by atoms with van der Waals surface area (Å²) in [7, 11) is 0. The Balaban J connectivity index is 1.70. The normalized spacial score (nSPS) is 24.3. The molecule has 2 aliphatic rings. The van der Waals surface area contributed by atoms with Crippen LogP contribution in [0.1, 0.15) is 24.8 Å². The van der Waals surface area contributed by atoms with Gasteiger partial charge in [-0.25, -0.2) is 0 Å². The van der Waals surface area contributed by atoms with E-state index in [9.17, 15) is 0 Å². The maximum absolute atomic E-state index is 5.88. The van der Waals surface area contributed by atoms with Crippen molar-refractivity contribution in [2.75, 3.05) is 31.1 Å². The number of hydrogen-bond donors (Lipinski definition) is 0. The Hall–Kier alpha value is -0.250. The Morgan fingerprint density at radius 2 is 2.00 bits per heavy atom. The molecule has 0 spiro atoms. The lowest BCUT2D eigenvalue weighted by Gasteiger charge is -2.25. The molecule has 2 nitrogen and oxygen atoms in total. The van der Waals surface area contributed by atoms with E-state index in [-0.39, 0.29) is 0 Å². The minimum Gasteiger partial charge on any atom is -0.369 e. The molecule has 1 unspecified atom stereocenters. The Labute approximate surface area is 128 Å². The topological polar surface area (TPSA) is 6.48 Å². The van der Waals surface area contributed by atoms with Gasteiger partial charge in [0.2, 0.25) is 0 Å². The van der Waals surface area contributed by atoms with Crippen LogP contribution in [0.4, 0.5) is 5.69 Å². The summed E-state index contributed by atoms with van der Waals surface area (Å²) in [6.45, 7) is 4.93. The molecule has 1 atom stereocenters. The van der Waals surface area contributed by atoms with Gasteiger partial charge in [0.25, 0.3) is 0 Å². The maximum Gasteiger partial charge on any atom is 0.0511 e. The molecule has 4 heteroatoms. The molecule has 0 saturated carbocycles. The number of anilines is 1. The molecule has 3 rings (SSSR count). The number of halogens is 2. The van der Waals surface area contributed by atoms with Gasteiger partial charge in [0.05, 0.1) is 5.69 Å². The highest BCUT2D eigenvalue weighted by atomic mass is 79.9. The highest BCUT2D eigenvalue weighted by Gasteiger charge is 2.29. The van der Waals surface area contributed by atoms with Crippen LogP contribution in [0.15, 0.2) is 22.7 Å². The Morgan fingerprint density at radius 1 is 1.21 bits per heavy atom. The van der Waals surface area contributed by atoms with E-state index in [1.165, 1.54) is 61.2 Å². The zero-order chi connectivity index (χ0) is 13.2. The van der Waals surface area contributed by atoms with E-state index in [4.69, 9.17) is 11.6 Å². The summed E-state index contributed by atoms with van der Waals surface area (Å²) in [4.78, 5) is 5.17. The minimum absolute atomic E-state index is 0.579. The van der Waals surface area contributed by atoms with Gasteiger partial charge in [0, 0.05) is 29.5 Å². The third-order valence-corrected chi connectivity index (χ3v) is 5.27. The molecule has 0 aliphatic carbocycles. The molecule has 2 heterocycles. The smallest absolute Gasteiger partial charge is 0.0511 e. The van der Waals surface area contributed by atoms with Crippen molar-refractivity contribution in [1.29, 1.82) is 0 Å². The molecule has 19 heavy (non-hydrogen) atoms. The minimum atomic E-state index is 0.579. The lowest BCUT2D eigenvalue weighted by molar-refractivity contribution is 0.260. The van der Waals surface area contributed by atoms with Crippen LogP contribution in [0.2, 0.25) is 0 Å². The first-order valence-corrected chi connectivity index (χ1v) is 8.44. The molecule has 1 aromatic rings. The zero-order valence-electron chi connectivity index (χ0n) is 11.1. The molecular formula is C15H20BrClN2. The van der Waals surface area contributed by atoms with Crippen molar-refractivity contribution in [3.63, 3.8) is 0 Å². The van der Waals surface area contributed by atoms with Gasteiger partial charge in [-0.05, 0) is 66.0 Å². The summed E-state index contributed by atoms with van der Waals surface area (Å²) in [5.41, 5.74) is 2.49. The highest BCUT2D eigenvalue weighted by molar-refractivity contribution is 9.10. The maximum atomic E-state index is 5.88. The first kappa shape index (κ1) is 13.7. The molecule has 104 valence electrons. The molecule has 0 N–H and O–H groups in total. The Bertz CT molecular complexity index is 446. The quantitative estimate of drug-likeness (QED) is 0.769. The highest BCUT2D eigenvalue weighted by Crippen LogP contribution is 2.32. The van der Waals surface area contributed by atoms with Gasteiger partial charge < -0.3 is 4.90 Å². The van der Waals surface area contributed by atoms with Gasteiger partial charge in [-0.1, -0.05) is 6.07 Å². The number of benzene rings is 1. The van der Waals surface area contributed by atoms with E-state index in [0.717, 1.165) is 6.04 Å². The predicted octanol–water partition coefficient (Wildman–Crippen LogP) is 3.86. The van der Waals surface area contributed by atoms with Crippen LogP contribution >= 0.6 is 27.5 Å². The fourth-order valence-corrected chi connectivity index (χ4v) is 4.10. The van der Waals surface area contributed by atoms with Crippen LogP contribution in [-0.2, 0) is 5.88 Å². The van der Waals surface area contributed by atoms with Gasteiger partial charge >= 0.3 is 0 Å². The Morgan fingerprint density at radius 3 is 2.68 bits per heavy atom. The zero-order valence-corrected chi connectivity index (χ0v) is 13.5. The summed E-state index contributed by atoms with van der Waals surface area (Å²) in [6, 6.07) is 7.23. The summed E-state index contributed by atoms with van der Waals surface area (Å²) in [5, 5.41) is 0. The summed E-state index contributed by atoms with van der Waals surface area (Å²) in [5.74, 6) is 0.579. The van der Waals surface area contributed by atoms with Crippen molar-refractivity contribution in [3.8, 4) is 0 Å². The standard InChI is InChI=1S/C15H20BrClN2/c16-14-9-12(10-17)3-4-15(14)19-8-5-13(11-19)18-6-1-2-7-18/h3-4,9,13H,1-2,5-8,10-11H2. The third-order valence-electron chi connectivity index (χ3n) is 4.33. The molecule has 2 fully saturated rings. The van der Waals surface area contributed by atoms with Crippen molar-refractivity contribution in [3.05, 3.63) is 28.2 Å². The third kappa shape index (κ3) is 2.93. The fraction of sp³-hybridized carbons (Fsp3) is 0.600. The predicted molar refractivity (Wildman–Crippen MR) is 85.1 cm³/mol. The van der Waals surface area contributed by atoms with Crippen molar-refractivity contribution >= 4 is 33.2 Å². The van der Waals surface area contributed by atoms with Gasteiger partial charge in [0.15, 0.2) is 0 Å². The molecule has 0 radical (unpaired) electrons. The second-order valence-corrected chi connectivity index (χ2v) is 6.67. The van der Waals surface area contributed by atoms with E-state index in [1.54, 1.807) is 0 Å². The molecule has 2 saturated heterocycles. The van der Waals surface area contributed by atoms with Gasteiger partial charge in [-0.15, -0.1) is 11.6 Å². The van der Waals surface area contributed by atoms with Crippen molar-refractivity contribution < 1.29 is 0 Å². The van der Waals surface area contributed by atoms with Crippen molar-refractivity contribution in [2.45, 2.75) is 31.2 Å². The number of hydrogen-bond acceptors (Lipinski definition) is 2. The average molecular weight is 344 g/mol. The SMILES string of the molecule is ClCc1ccc(N2CCC(N3CCCC3)C2)c(Br)c1. The van der Waals surface area contributed by atoms with Crippen molar-refractivity contribution in [1.82, 2.24) is 4.90 Å². The molecule has 2 aliphatic heterocycles. The van der Waals surface area contributed by atoms with E-state index >= 15 is 0 Å². The molecule has 0 amide bonds. The van der Waals surface area contributed by atoms with Gasteiger partial charge in [-0.2, -0.15) is 0 Å². The van der Waals surface area contributed by atoms with E-state index in [1.807, 2.05) is 0 Å². The van der Waals surface area contributed by atoms with Crippen LogP contribution in [0.3, 0.4) is 0 Å². The van der Waals surface area contributed by atoms with E-state index in [2.05, 4.69) is 43.9 Å². The van der Waals surface area contributed by atoms with Crippen LogP contribution in [0.5, 0.6) is 0 Å². The van der Waals surface area contributed by atoms with E-state index in [0.29, 0.717) is 5.88 Å². The number of likely N-dealkylation sites (tertiary alicyclic amines) is 1. The van der Waals surface area contributed by atoms with Gasteiger partial charge in [-0.3, -0.25) is 4.90 Å². The first-order valence-electron chi connectivity index (χ1n) is 7.11. The average Bonchev–Trinajstić information content (AvgIpc) is 3.09. The summed E-state index contributed by atoms with van der Waals surface area (Å²) in [6.07, 6.45) is 4.05. The largest absolute Gasteiger partial charge is 0.369 e. The van der Waals surface area contributed by atoms with Gasteiger partial charge in [0.1, 0.15) is 0 Å². The number of nitrogens with zero attached hydrogens (tertiary/aromatic N) is 2. The Kier molecular flexibility index (Phi) is 4.35. The molecule has 0 bridgehead atoms. The van der Waals surface area contributed by atoms with Crippen molar-refractivity contribution in [2.24, 2.45) is 0 Å². The number of rotatable bonds is 3. The second-order valence-electron chi connectivity index (χ2n) is 5.55. The monoisotopic (exact) mass is 342 g/mol. The van der Waals surface area contributed by atoms with Crippen LogP contribution in [0, 0.1) is 0 Å².